The number of rotatable bonds is 2. The monoisotopic (exact) mass is 343 g/mol. The average Bonchev–Trinajstić information content (AvgIpc) is 2.84. The number of aryl methyl sites for hydroxylation is 1. The van der Waals surface area contributed by atoms with Crippen LogP contribution in [0.4, 0.5) is 11.4 Å². The summed E-state index contributed by atoms with van der Waals surface area (Å²) in [6, 6.07) is 11.2. The van der Waals surface area contributed by atoms with Crippen molar-refractivity contribution in [3.8, 4) is 0 Å². The fourth-order valence-electron chi connectivity index (χ4n) is 2.24. The summed E-state index contributed by atoms with van der Waals surface area (Å²) in [5, 5.41) is 3.76. The van der Waals surface area contributed by atoms with Gasteiger partial charge in [-0.05, 0) is 58.7 Å². The molecule has 1 aromatic heterocycles. The fourth-order valence-corrected chi connectivity index (χ4v) is 2.84. The van der Waals surface area contributed by atoms with E-state index in [1.807, 2.05) is 37.3 Å². The van der Waals surface area contributed by atoms with Gasteiger partial charge in [-0.25, -0.2) is 0 Å². The summed E-state index contributed by atoms with van der Waals surface area (Å²) >= 11 is 3.46. The number of halogens is 1. The smallest absolute Gasteiger partial charge is 0.257 e. The number of nitrogen functional groups attached to an aromatic ring is 1. The number of benzene rings is 2. The van der Waals surface area contributed by atoms with E-state index in [0.29, 0.717) is 11.3 Å². The number of H-pyrrole nitrogens is 1. The molecule has 1 heterocycles. The average molecular weight is 344 g/mol. The second-order valence-electron chi connectivity index (χ2n) is 4.94. The summed E-state index contributed by atoms with van der Waals surface area (Å²) in [4.78, 5) is 15.5. The van der Waals surface area contributed by atoms with Crippen LogP contribution in [0.3, 0.4) is 0 Å². The Morgan fingerprint density at radius 3 is 2.81 bits per heavy atom. The molecule has 5 heteroatoms. The highest BCUT2D eigenvalue weighted by Gasteiger charge is 2.13. The Morgan fingerprint density at radius 1 is 1.24 bits per heavy atom. The van der Waals surface area contributed by atoms with Crippen LogP contribution in [0, 0.1) is 6.92 Å². The second kappa shape index (κ2) is 5.26. The maximum Gasteiger partial charge on any atom is 0.257 e. The minimum Gasteiger partial charge on any atom is -0.399 e. The first-order valence-electron chi connectivity index (χ1n) is 6.49. The number of nitrogens with one attached hydrogen (secondary N) is 2. The highest BCUT2D eigenvalue weighted by Crippen LogP contribution is 2.26. The Bertz CT molecular complexity index is 839. The van der Waals surface area contributed by atoms with Crippen LogP contribution in [-0.4, -0.2) is 10.9 Å². The molecule has 0 spiro atoms. The molecule has 4 nitrogen and oxygen atoms in total. The summed E-state index contributed by atoms with van der Waals surface area (Å²) in [5.41, 5.74) is 9.72. The Balaban J connectivity index is 1.94. The Labute approximate surface area is 130 Å². The lowest BCUT2D eigenvalue weighted by Gasteiger charge is -2.07. The largest absolute Gasteiger partial charge is 0.399 e. The van der Waals surface area contributed by atoms with Crippen molar-refractivity contribution in [3.05, 3.63) is 58.2 Å². The minimum absolute atomic E-state index is 0.157. The van der Waals surface area contributed by atoms with Gasteiger partial charge in [0.05, 0.1) is 11.3 Å². The molecule has 0 bridgehead atoms. The summed E-state index contributed by atoms with van der Waals surface area (Å²) in [7, 11) is 0. The SMILES string of the molecule is Cc1ccc(NC(=O)c2c[nH]c3cc(N)ccc23)c(Br)c1. The molecule has 3 rings (SSSR count). The third-order valence-corrected chi connectivity index (χ3v) is 3.98. The van der Waals surface area contributed by atoms with Gasteiger partial charge in [0.2, 0.25) is 0 Å². The first kappa shape index (κ1) is 13.7. The second-order valence-corrected chi connectivity index (χ2v) is 5.80. The summed E-state index contributed by atoms with van der Waals surface area (Å²) in [6.07, 6.45) is 1.70. The lowest BCUT2D eigenvalue weighted by molar-refractivity contribution is 0.102. The number of carbonyl (C=O) groups is 1. The molecule has 3 aromatic rings. The van der Waals surface area contributed by atoms with Gasteiger partial charge in [0, 0.05) is 27.3 Å². The van der Waals surface area contributed by atoms with Crippen LogP contribution in [0.1, 0.15) is 15.9 Å². The predicted octanol–water partition coefficient (Wildman–Crippen LogP) is 4.07. The van der Waals surface area contributed by atoms with Crippen molar-refractivity contribution in [2.75, 3.05) is 11.1 Å². The highest BCUT2D eigenvalue weighted by molar-refractivity contribution is 9.10. The van der Waals surface area contributed by atoms with Gasteiger partial charge in [0.25, 0.3) is 5.91 Å². The zero-order valence-corrected chi connectivity index (χ0v) is 13.0. The Hall–Kier alpha value is -2.27. The van der Waals surface area contributed by atoms with Gasteiger partial charge >= 0.3 is 0 Å². The Morgan fingerprint density at radius 2 is 2.05 bits per heavy atom. The fraction of sp³-hybridized carbons (Fsp3) is 0.0625. The van der Waals surface area contributed by atoms with E-state index in [0.717, 1.165) is 26.6 Å². The number of aromatic nitrogens is 1. The van der Waals surface area contributed by atoms with Gasteiger partial charge in [-0.15, -0.1) is 0 Å². The summed E-state index contributed by atoms with van der Waals surface area (Å²) in [6.45, 7) is 2.00. The number of hydrogen-bond acceptors (Lipinski definition) is 2. The van der Waals surface area contributed by atoms with Crippen molar-refractivity contribution in [2.24, 2.45) is 0 Å². The van der Waals surface area contributed by atoms with Crippen LogP contribution in [0.25, 0.3) is 10.9 Å². The highest BCUT2D eigenvalue weighted by atomic mass is 79.9. The van der Waals surface area contributed by atoms with E-state index in [1.54, 1.807) is 12.3 Å². The molecule has 0 fully saturated rings. The van der Waals surface area contributed by atoms with Crippen molar-refractivity contribution in [1.29, 1.82) is 0 Å². The number of aromatic amines is 1. The number of nitrogens with two attached hydrogens (primary N) is 1. The topological polar surface area (TPSA) is 70.9 Å². The zero-order valence-electron chi connectivity index (χ0n) is 11.4. The quantitative estimate of drug-likeness (QED) is 0.613. The van der Waals surface area contributed by atoms with E-state index in [4.69, 9.17) is 5.73 Å². The molecule has 106 valence electrons. The van der Waals surface area contributed by atoms with Crippen LogP contribution in [0.15, 0.2) is 47.1 Å². The molecular weight excluding hydrogens is 330 g/mol. The van der Waals surface area contributed by atoms with Crippen molar-refractivity contribution in [2.45, 2.75) is 6.92 Å². The lowest BCUT2D eigenvalue weighted by atomic mass is 10.1. The third-order valence-electron chi connectivity index (χ3n) is 3.32. The number of amides is 1. The molecule has 0 saturated carbocycles. The van der Waals surface area contributed by atoms with Gasteiger partial charge in [-0.1, -0.05) is 6.07 Å². The molecule has 21 heavy (non-hydrogen) atoms. The van der Waals surface area contributed by atoms with E-state index in [-0.39, 0.29) is 5.91 Å². The first-order valence-corrected chi connectivity index (χ1v) is 7.28. The molecule has 0 aliphatic heterocycles. The molecule has 0 unspecified atom stereocenters. The normalized spacial score (nSPS) is 10.8. The Kier molecular flexibility index (Phi) is 3.43. The van der Waals surface area contributed by atoms with Crippen LogP contribution < -0.4 is 11.1 Å². The standard InChI is InChI=1S/C16H14BrN3O/c1-9-2-5-14(13(17)6-9)20-16(21)12-8-19-15-7-10(18)3-4-11(12)15/h2-8,19H,18H2,1H3,(H,20,21). The van der Waals surface area contributed by atoms with Crippen molar-refractivity contribution < 1.29 is 4.79 Å². The van der Waals surface area contributed by atoms with Crippen LogP contribution in [-0.2, 0) is 0 Å². The van der Waals surface area contributed by atoms with E-state index < -0.39 is 0 Å². The van der Waals surface area contributed by atoms with Crippen LogP contribution in [0.5, 0.6) is 0 Å². The van der Waals surface area contributed by atoms with Crippen LogP contribution in [0.2, 0.25) is 0 Å². The molecule has 4 N–H and O–H groups in total. The van der Waals surface area contributed by atoms with Crippen molar-refractivity contribution in [1.82, 2.24) is 4.98 Å². The molecule has 0 radical (unpaired) electrons. The summed E-state index contributed by atoms with van der Waals surface area (Å²) in [5.74, 6) is -0.157. The molecule has 0 aliphatic carbocycles. The predicted molar refractivity (Wildman–Crippen MR) is 89.5 cm³/mol. The zero-order chi connectivity index (χ0) is 15.0. The van der Waals surface area contributed by atoms with Gasteiger partial charge in [-0.2, -0.15) is 0 Å². The molecule has 1 amide bonds. The van der Waals surface area contributed by atoms with E-state index in [9.17, 15) is 4.79 Å². The third kappa shape index (κ3) is 2.64. The maximum atomic E-state index is 12.4. The van der Waals surface area contributed by atoms with Gasteiger partial charge < -0.3 is 16.0 Å². The number of anilines is 2. The van der Waals surface area contributed by atoms with E-state index in [2.05, 4.69) is 26.2 Å². The van der Waals surface area contributed by atoms with Gasteiger partial charge in [0.1, 0.15) is 0 Å². The minimum atomic E-state index is -0.157. The molecule has 0 saturated heterocycles. The van der Waals surface area contributed by atoms with Gasteiger partial charge in [-0.3, -0.25) is 4.79 Å². The van der Waals surface area contributed by atoms with E-state index in [1.165, 1.54) is 0 Å². The van der Waals surface area contributed by atoms with Crippen molar-refractivity contribution >= 4 is 44.1 Å². The van der Waals surface area contributed by atoms with Gasteiger partial charge in [0.15, 0.2) is 0 Å². The number of fused-ring (bicyclic) bond motifs is 1. The molecule has 0 atom stereocenters. The lowest BCUT2D eigenvalue weighted by Crippen LogP contribution is -2.11. The number of hydrogen-bond donors (Lipinski definition) is 3. The molecule has 2 aromatic carbocycles. The summed E-state index contributed by atoms with van der Waals surface area (Å²) < 4.78 is 0.861. The number of carbonyl (C=O) groups excluding carboxylic acids is 1. The first-order chi connectivity index (χ1) is 10.0. The maximum absolute atomic E-state index is 12.4. The van der Waals surface area contributed by atoms with Crippen LogP contribution >= 0.6 is 15.9 Å². The molecular formula is C16H14BrN3O. The van der Waals surface area contributed by atoms with Crippen molar-refractivity contribution in [3.63, 3.8) is 0 Å². The van der Waals surface area contributed by atoms with E-state index >= 15 is 0 Å². The molecule has 0 aliphatic rings.